The van der Waals surface area contributed by atoms with Gasteiger partial charge in [-0.05, 0) is 43.4 Å². The second-order valence-corrected chi connectivity index (χ2v) is 7.54. The van der Waals surface area contributed by atoms with Gasteiger partial charge in [-0.1, -0.05) is 38.5 Å². The number of allylic oxidation sites excluding steroid dienone is 1. The summed E-state index contributed by atoms with van der Waals surface area (Å²) in [7, 11) is 0. The van der Waals surface area contributed by atoms with Crippen LogP contribution in [0.3, 0.4) is 0 Å². The van der Waals surface area contributed by atoms with Gasteiger partial charge >= 0.3 is 0 Å². The van der Waals surface area contributed by atoms with Gasteiger partial charge in [0.05, 0.1) is 0 Å². The molecule has 138 valence electrons. The molecule has 0 radical (unpaired) electrons. The molecule has 0 saturated heterocycles. The van der Waals surface area contributed by atoms with Gasteiger partial charge in [0, 0.05) is 30.8 Å². The van der Waals surface area contributed by atoms with Crippen molar-refractivity contribution in [3.05, 3.63) is 47.0 Å². The zero-order valence-electron chi connectivity index (χ0n) is 15.8. The van der Waals surface area contributed by atoms with E-state index < -0.39 is 0 Å². The van der Waals surface area contributed by atoms with Crippen molar-refractivity contribution in [3.63, 3.8) is 0 Å². The molecule has 0 aliphatic heterocycles. The van der Waals surface area contributed by atoms with Crippen LogP contribution >= 0.6 is 0 Å². The van der Waals surface area contributed by atoms with Crippen molar-refractivity contribution in [3.8, 4) is 0 Å². The molecule has 1 atom stereocenters. The minimum atomic E-state index is -0.159. The zero-order chi connectivity index (χ0) is 19.0. The standard InChI is InChI=1S/C20H30N2O3/c1-14(2)12-18(24)21-13-15-6-8-16(9-7-15)19(25)22-17(10-11-23)20(3,4)5/h6-9,12,17,23H,10-11,13H2,1-5H3,(H,21,24)(H,22,25). The third kappa shape index (κ3) is 7.52. The summed E-state index contributed by atoms with van der Waals surface area (Å²) in [5.74, 6) is -0.285. The second kappa shape index (κ2) is 9.37. The Kier molecular flexibility index (Phi) is 7.84. The van der Waals surface area contributed by atoms with Crippen LogP contribution in [0, 0.1) is 5.41 Å². The SMILES string of the molecule is CC(C)=CC(=O)NCc1ccc(C(=O)NC(CCO)C(C)(C)C)cc1. The van der Waals surface area contributed by atoms with Crippen LogP contribution < -0.4 is 10.6 Å². The van der Waals surface area contributed by atoms with E-state index in [1.807, 2.05) is 46.8 Å². The number of nitrogens with one attached hydrogen (secondary N) is 2. The Balaban J connectivity index is 2.67. The number of amides is 2. The summed E-state index contributed by atoms with van der Waals surface area (Å²) < 4.78 is 0. The summed E-state index contributed by atoms with van der Waals surface area (Å²) in [6.45, 7) is 10.3. The van der Waals surface area contributed by atoms with E-state index in [0.29, 0.717) is 18.5 Å². The third-order valence-electron chi connectivity index (χ3n) is 3.87. The lowest BCUT2D eigenvalue weighted by Gasteiger charge is -2.31. The minimum Gasteiger partial charge on any atom is -0.396 e. The van der Waals surface area contributed by atoms with E-state index in [-0.39, 0.29) is 29.9 Å². The molecule has 0 fully saturated rings. The van der Waals surface area contributed by atoms with Crippen LogP contribution in [0.1, 0.15) is 57.0 Å². The van der Waals surface area contributed by atoms with Crippen molar-refractivity contribution in [2.45, 2.75) is 53.6 Å². The number of hydrogen-bond donors (Lipinski definition) is 3. The quantitative estimate of drug-likeness (QED) is 0.664. The molecule has 0 aliphatic carbocycles. The molecular weight excluding hydrogens is 316 g/mol. The maximum atomic E-state index is 12.4. The number of carbonyl (C=O) groups is 2. The van der Waals surface area contributed by atoms with Crippen molar-refractivity contribution in [1.82, 2.24) is 10.6 Å². The second-order valence-electron chi connectivity index (χ2n) is 7.54. The summed E-state index contributed by atoms with van der Waals surface area (Å²) in [4.78, 5) is 24.0. The van der Waals surface area contributed by atoms with E-state index in [4.69, 9.17) is 0 Å². The summed E-state index contributed by atoms with van der Waals surface area (Å²) in [6.07, 6.45) is 2.07. The fourth-order valence-corrected chi connectivity index (χ4v) is 2.37. The van der Waals surface area contributed by atoms with Gasteiger partial charge in [-0.15, -0.1) is 0 Å². The first-order chi connectivity index (χ1) is 11.6. The molecule has 25 heavy (non-hydrogen) atoms. The highest BCUT2D eigenvalue weighted by Gasteiger charge is 2.26. The highest BCUT2D eigenvalue weighted by atomic mass is 16.3. The first-order valence-corrected chi connectivity index (χ1v) is 8.57. The molecule has 0 bridgehead atoms. The van der Waals surface area contributed by atoms with E-state index >= 15 is 0 Å². The van der Waals surface area contributed by atoms with Gasteiger partial charge < -0.3 is 15.7 Å². The van der Waals surface area contributed by atoms with Gasteiger partial charge in [-0.3, -0.25) is 9.59 Å². The number of carbonyl (C=O) groups excluding carboxylic acids is 2. The highest BCUT2D eigenvalue weighted by Crippen LogP contribution is 2.22. The number of benzene rings is 1. The van der Waals surface area contributed by atoms with E-state index in [2.05, 4.69) is 10.6 Å². The van der Waals surface area contributed by atoms with Crippen molar-refractivity contribution >= 4 is 11.8 Å². The fraction of sp³-hybridized carbons (Fsp3) is 0.500. The molecule has 1 unspecified atom stereocenters. The van der Waals surface area contributed by atoms with Crippen LogP contribution in [0.4, 0.5) is 0 Å². The molecule has 1 rings (SSSR count). The third-order valence-corrected chi connectivity index (χ3v) is 3.87. The van der Waals surface area contributed by atoms with Gasteiger partial charge in [-0.2, -0.15) is 0 Å². The molecule has 1 aromatic carbocycles. The van der Waals surface area contributed by atoms with E-state index in [0.717, 1.165) is 11.1 Å². The first kappa shape index (κ1) is 20.9. The van der Waals surface area contributed by atoms with Crippen molar-refractivity contribution in [2.75, 3.05) is 6.61 Å². The molecule has 0 saturated carbocycles. The average Bonchev–Trinajstić information content (AvgIpc) is 2.51. The smallest absolute Gasteiger partial charge is 0.251 e. The average molecular weight is 346 g/mol. The molecule has 0 aromatic heterocycles. The topological polar surface area (TPSA) is 78.4 Å². The number of hydrogen-bond acceptors (Lipinski definition) is 3. The monoisotopic (exact) mass is 346 g/mol. The molecule has 1 aromatic rings. The summed E-state index contributed by atoms with van der Waals surface area (Å²) >= 11 is 0. The van der Waals surface area contributed by atoms with Crippen molar-refractivity contribution < 1.29 is 14.7 Å². The Bertz CT molecular complexity index is 609. The predicted octanol–water partition coefficient (Wildman–Crippen LogP) is 2.80. The van der Waals surface area contributed by atoms with E-state index in [1.165, 1.54) is 0 Å². The van der Waals surface area contributed by atoms with Crippen molar-refractivity contribution in [2.24, 2.45) is 5.41 Å². The lowest BCUT2D eigenvalue weighted by Crippen LogP contribution is -2.44. The van der Waals surface area contributed by atoms with Crippen LogP contribution in [-0.2, 0) is 11.3 Å². The van der Waals surface area contributed by atoms with Crippen molar-refractivity contribution in [1.29, 1.82) is 0 Å². The lowest BCUT2D eigenvalue weighted by atomic mass is 9.84. The van der Waals surface area contributed by atoms with Crippen LogP contribution in [0.15, 0.2) is 35.9 Å². The Labute approximate surface area is 150 Å². The Hall–Kier alpha value is -2.14. The number of aliphatic hydroxyl groups excluding tert-OH is 1. The Morgan fingerprint density at radius 2 is 1.76 bits per heavy atom. The first-order valence-electron chi connectivity index (χ1n) is 8.57. The zero-order valence-corrected chi connectivity index (χ0v) is 15.8. The molecule has 0 heterocycles. The molecule has 2 amide bonds. The minimum absolute atomic E-state index is 0.0343. The van der Waals surface area contributed by atoms with Gasteiger partial charge in [0.2, 0.25) is 5.91 Å². The van der Waals surface area contributed by atoms with Gasteiger partial charge in [0.1, 0.15) is 0 Å². The van der Waals surface area contributed by atoms with Crippen LogP contribution in [0.2, 0.25) is 0 Å². The normalized spacial score (nSPS) is 12.2. The van der Waals surface area contributed by atoms with Crippen LogP contribution in [0.5, 0.6) is 0 Å². The van der Waals surface area contributed by atoms with Crippen LogP contribution in [-0.4, -0.2) is 29.6 Å². The van der Waals surface area contributed by atoms with Gasteiger partial charge in [-0.25, -0.2) is 0 Å². The Morgan fingerprint density at radius 3 is 2.24 bits per heavy atom. The maximum Gasteiger partial charge on any atom is 0.251 e. The van der Waals surface area contributed by atoms with Gasteiger partial charge in [0.15, 0.2) is 0 Å². The summed E-state index contributed by atoms with van der Waals surface area (Å²) in [5.41, 5.74) is 2.30. The predicted molar refractivity (Wildman–Crippen MR) is 100 cm³/mol. The molecule has 3 N–H and O–H groups in total. The molecular formula is C20H30N2O3. The summed E-state index contributed by atoms with van der Waals surface area (Å²) in [5, 5.41) is 15.0. The Morgan fingerprint density at radius 1 is 1.16 bits per heavy atom. The highest BCUT2D eigenvalue weighted by molar-refractivity contribution is 5.94. The number of aliphatic hydroxyl groups is 1. The molecule has 0 spiro atoms. The lowest BCUT2D eigenvalue weighted by molar-refractivity contribution is -0.116. The van der Waals surface area contributed by atoms with E-state index in [1.54, 1.807) is 18.2 Å². The van der Waals surface area contributed by atoms with E-state index in [9.17, 15) is 14.7 Å². The largest absolute Gasteiger partial charge is 0.396 e. The van der Waals surface area contributed by atoms with Gasteiger partial charge in [0.25, 0.3) is 5.91 Å². The van der Waals surface area contributed by atoms with Crippen LogP contribution in [0.25, 0.3) is 0 Å². The maximum absolute atomic E-state index is 12.4. The molecule has 5 nitrogen and oxygen atoms in total. The summed E-state index contributed by atoms with van der Waals surface area (Å²) in [6, 6.07) is 7.05. The molecule has 0 aliphatic rings. The molecule has 5 heteroatoms. The number of rotatable bonds is 7. The fourth-order valence-electron chi connectivity index (χ4n) is 2.37.